The van der Waals surface area contributed by atoms with Gasteiger partial charge in [-0.25, -0.2) is 9.37 Å². The molecule has 0 bridgehead atoms. The SMILES string of the molecule is CNCC1CCN(C(=O)c2sc(-c3ccc(F)cc3)nc2C)CC1.Cl.Cl. The lowest BCUT2D eigenvalue weighted by Crippen LogP contribution is -2.40. The Bertz CT molecular complexity index is 716. The van der Waals surface area contributed by atoms with E-state index in [0.29, 0.717) is 10.8 Å². The summed E-state index contributed by atoms with van der Waals surface area (Å²) in [5.74, 6) is 0.449. The van der Waals surface area contributed by atoms with Gasteiger partial charge in [-0.15, -0.1) is 36.2 Å². The smallest absolute Gasteiger partial charge is 0.265 e. The van der Waals surface area contributed by atoms with E-state index in [1.54, 1.807) is 12.1 Å². The van der Waals surface area contributed by atoms with Crippen LogP contribution >= 0.6 is 36.2 Å². The number of carbonyl (C=O) groups is 1. The average molecular weight is 420 g/mol. The van der Waals surface area contributed by atoms with Gasteiger partial charge in [0.1, 0.15) is 15.7 Å². The molecule has 1 fully saturated rings. The summed E-state index contributed by atoms with van der Waals surface area (Å²) in [6.07, 6.45) is 2.07. The van der Waals surface area contributed by atoms with Crippen LogP contribution in [0.25, 0.3) is 10.6 Å². The molecule has 1 aliphatic rings. The minimum Gasteiger partial charge on any atom is -0.338 e. The molecule has 0 saturated carbocycles. The largest absolute Gasteiger partial charge is 0.338 e. The molecule has 0 unspecified atom stereocenters. The summed E-state index contributed by atoms with van der Waals surface area (Å²) in [4.78, 5) is 19.9. The van der Waals surface area contributed by atoms with E-state index in [0.717, 1.165) is 48.7 Å². The van der Waals surface area contributed by atoms with Gasteiger partial charge in [0.25, 0.3) is 5.91 Å². The normalized spacial score (nSPS) is 14.5. The first-order chi connectivity index (χ1) is 11.6. The second kappa shape index (κ2) is 10.2. The zero-order chi connectivity index (χ0) is 17.1. The van der Waals surface area contributed by atoms with E-state index >= 15 is 0 Å². The van der Waals surface area contributed by atoms with Crippen LogP contribution < -0.4 is 5.32 Å². The fourth-order valence-corrected chi connectivity index (χ4v) is 4.12. The van der Waals surface area contributed by atoms with E-state index in [1.165, 1.54) is 23.5 Å². The van der Waals surface area contributed by atoms with Crippen LogP contribution in [-0.4, -0.2) is 42.5 Å². The molecule has 3 rings (SSSR count). The average Bonchev–Trinajstić information content (AvgIpc) is 2.98. The quantitative estimate of drug-likeness (QED) is 0.808. The van der Waals surface area contributed by atoms with Gasteiger partial charge in [-0.3, -0.25) is 4.79 Å². The Kier molecular flexibility index (Phi) is 8.96. The van der Waals surface area contributed by atoms with Crippen molar-refractivity contribution in [1.82, 2.24) is 15.2 Å². The first kappa shape index (κ1) is 22.8. The van der Waals surface area contributed by atoms with E-state index in [2.05, 4.69) is 10.3 Å². The first-order valence-corrected chi connectivity index (χ1v) is 9.07. The van der Waals surface area contributed by atoms with Gasteiger partial charge in [-0.1, -0.05) is 0 Å². The summed E-state index contributed by atoms with van der Waals surface area (Å²) < 4.78 is 13.1. The van der Waals surface area contributed by atoms with Gasteiger partial charge in [-0.05, 0) is 63.5 Å². The summed E-state index contributed by atoms with van der Waals surface area (Å²) in [6.45, 7) is 4.48. The van der Waals surface area contributed by atoms with Crippen molar-refractivity contribution in [3.05, 3.63) is 40.7 Å². The van der Waals surface area contributed by atoms with Crippen LogP contribution in [-0.2, 0) is 0 Å². The molecule has 0 aliphatic carbocycles. The van der Waals surface area contributed by atoms with Gasteiger partial charge in [0.2, 0.25) is 0 Å². The van der Waals surface area contributed by atoms with Crippen LogP contribution in [0.1, 0.15) is 28.2 Å². The maximum absolute atomic E-state index is 13.1. The van der Waals surface area contributed by atoms with Gasteiger partial charge in [-0.2, -0.15) is 0 Å². The molecule has 1 aromatic heterocycles. The van der Waals surface area contributed by atoms with Gasteiger partial charge in [0, 0.05) is 18.7 Å². The number of benzene rings is 1. The summed E-state index contributed by atoms with van der Waals surface area (Å²) in [5.41, 5.74) is 1.60. The number of aryl methyl sites for hydroxylation is 1. The number of hydrogen-bond donors (Lipinski definition) is 1. The van der Waals surface area contributed by atoms with Crippen molar-refractivity contribution in [3.63, 3.8) is 0 Å². The number of hydrogen-bond acceptors (Lipinski definition) is 4. The highest BCUT2D eigenvalue weighted by Gasteiger charge is 2.26. The molecule has 2 aromatic rings. The van der Waals surface area contributed by atoms with Crippen LogP contribution in [0.15, 0.2) is 24.3 Å². The van der Waals surface area contributed by atoms with Gasteiger partial charge in [0.05, 0.1) is 5.69 Å². The van der Waals surface area contributed by atoms with Crippen LogP contribution in [0.2, 0.25) is 0 Å². The number of nitrogens with one attached hydrogen (secondary N) is 1. The molecular weight excluding hydrogens is 396 g/mol. The van der Waals surface area contributed by atoms with E-state index < -0.39 is 0 Å². The number of likely N-dealkylation sites (tertiary alicyclic amines) is 1. The van der Waals surface area contributed by atoms with Crippen LogP contribution in [0.5, 0.6) is 0 Å². The number of carbonyl (C=O) groups excluding carboxylic acids is 1. The number of thiazole rings is 1. The summed E-state index contributed by atoms with van der Waals surface area (Å²) in [7, 11) is 1.97. The highest BCUT2D eigenvalue weighted by Crippen LogP contribution is 2.30. The Balaban J connectivity index is 0.00000169. The second-order valence-electron chi connectivity index (χ2n) is 6.23. The first-order valence-electron chi connectivity index (χ1n) is 8.25. The maximum Gasteiger partial charge on any atom is 0.265 e. The molecule has 26 heavy (non-hydrogen) atoms. The number of nitrogens with zero attached hydrogens (tertiary/aromatic N) is 2. The minimum atomic E-state index is -0.271. The summed E-state index contributed by atoms with van der Waals surface area (Å²) >= 11 is 1.39. The predicted octanol–water partition coefficient (Wildman–Crippen LogP) is 4.17. The topological polar surface area (TPSA) is 45.2 Å². The van der Waals surface area contributed by atoms with Crippen molar-refractivity contribution in [2.75, 3.05) is 26.7 Å². The molecule has 1 aromatic carbocycles. The van der Waals surface area contributed by atoms with Gasteiger partial charge in [0.15, 0.2) is 0 Å². The lowest BCUT2D eigenvalue weighted by molar-refractivity contribution is 0.0695. The molecule has 144 valence electrons. The van der Waals surface area contributed by atoms with Crippen LogP contribution in [0, 0.1) is 18.7 Å². The van der Waals surface area contributed by atoms with Gasteiger partial charge >= 0.3 is 0 Å². The number of halogens is 3. The maximum atomic E-state index is 13.1. The Morgan fingerprint density at radius 1 is 1.27 bits per heavy atom. The molecule has 4 nitrogen and oxygen atoms in total. The highest BCUT2D eigenvalue weighted by atomic mass is 35.5. The number of aromatic nitrogens is 1. The molecule has 2 heterocycles. The standard InChI is InChI=1S/C18H22FN3OS.2ClH/c1-12-16(18(23)22-9-7-13(8-10-22)11-20-2)24-17(21-12)14-3-5-15(19)6-4-14;;/h3-6,13,20H,7-11H2,1-2H3;2*1H. The highest BCUT2D eigenvalue weighted by molar-refractivity contribution is 7.17. The number of rotatable bonds is 4. The third kappa shape index (κ3) is 5.16. The van der Waals surface area contributed by atoms with E-state index in [1.807, 2.05) is 18.9 Å². The molecule has 1 aliphatic heterocycles. The van der Waals surface area contributed by atoms with Crippen LogP contribution in [0.3, 0.4) is 0 Å². The van der Waals surface area contributed by atoms with Gasteiger partial charge < -0.3 is 10.2 Å². The molecule has 0 atom stereocenters. The van der Waals surface area contributed by atoms with Crippen molar-refractivity contribution in [1.29, 1.82) is 0 Å². The molecule has 1 amide bonds. The Labute approximate surface area is 170 Å². The van der Waals surface area contributed by atoms with E-state index in [4.69, 9.17) is 0 Å². The molecule has 8 heteroatoms. The Morgan fingerprint density at radius 3 is 2.46 bits per heavy atom. The monoisotopic (exact) mass is 419 g/mol. The van der Waals surface area contributed by atoms with E-state index in [-0.39, 0.29) is 36.5 Å². The Morgan fingerprint density at radius 2 is 1.88 bits per heavy atom. The van der Waals surface area contributed by atoms with E-state index in [9.17, 15) is 9.18 Å². The van der Waals surface area contributed by atoms with Crippen molar-refractivity contribution >= 4 is 42.1 Å². The lowest BCUT2D eigenvalue weighted by atomic mass is 9.97. The number of amides is 1. The fraction of sp³-hybridized carbons (Fsp3) is 0.444. The third-order valence-corrected chi connectivity index (χ3v) is 5.67. The van der Waals surface area contributed by atoms with Crippen LogP contribution in [0.4, 0.5) is 4.39 Å². The second-order valence-corrected chi connectivity index (χ2v) is 7.23. The zero-order valence-corrected chi connectivity index (χ0v) is 17.3. The van der Waals surface area contributed by atoms with Crippen molar-refractivity contribution in [2.45, 2.75) is 19.8 Å². The molecular formula is C18H24Cl2FN3OS. The Hall–Kier alpha value is -1.21. The summed E-state index contributed by atoms with van der Waals surface area (Å²) in [5, 5.41) is 3.97. The zero-order valence-electron chi connectivity index (χ0n) is 14.8. The lowest BCUT2D eigenvalue weighted by Gasteiger charge is -2.31. The number of piperidine rings is 1. The third-order valence-electron chi connectivity index (χ3n) is 4.48. The summed E-state index contributed by atoms with van der Waals surface area (Å²) in [6, 6.07) is 6.23. The minimum absolute atomic E-state index is 0. The molecule has 1 N–H and O–H groups in total. The predicted molar refractivity (Wildman–Crippen MR) is 109 cm³/mol. The molecule has 1 saturated heterocycles. The fourth-order valence-electron chi connectivity index (χ4n) is 3.08. The molecule has 0 radical (unpaired) electrons. The van der Waals surface area contributed by atoms with Crippen molar-refractivity contribution < 1.29 is 9.18 Å². The van der Waals surface area contributed by atoms with Crippen molar-refractivity contribution in [3.8, 4) is 10.6 Å². The molecule has 0 spiro atoms. The van der Waals surface area contributed by atoms with Crippen molar-refractivity contribution in [2.24, 2.45) is 5.92 Å².